The molecule has 0 aromatic rings. The summed E-state index contributed by atoms with van der Waals surface area (Å²) in [4.78, 5) is 26.2. The molecule has 1 saturated heterocycles. The maximum absolute atomic E-state index is 12.1. The van der Waals surface area contributed by atoms with Crippen LogP contribution >= 0.6 is 12.4 Å². The lowest BCUT2D eigenvalue weighted by Gasteiger charge is -2.35. The van der Waals surface area contributed by atoms with Gasteiger partial charge < -0.3 is 16.4 Å². The molecule has 4 N–H and O–H groups in total. The first kappa shape index (κ1) is 21.1. The Bertz CT molecular complexity index is 352. The highest BCUT2D eigenvalue weighted by Crippen LogP contribution is 2.18. The summed E-state index contributed by atoms with van der Waals surface area (Å²) in [7, 11) is 0. The fraction of sp³-hybridized carbons (Fsp3) is 0.867. The van der Waals surface area contributed by atoms with E-state index in [4.69, 9.17) is 5.73 Å². The molecule has 1 heterocycles. The van der Waals surface area contributed by atoms with Crippen molar-refractivity contribution in [3.05, 3.63) is 0 Å². The van der Waals surface area contributed by atoms with Crippen molar-refractivity contribution in [3.63, 3.8) is 0 Å². The molecule has 6 nitrogen and oxygen atoms in total. The molecule has 22 heavy (non-hydrogen) atoms. The number of carbonyl (C=O) groups excluding carboxylic acids is 2. The van der Waals surface area contributed by atoms with E-state index in [2.05, 4.69) is 29.4 Å². The molecule has 0 spiro atoms. The van der Waals surface area contributed by atoms with Gasteiger partial charge in [0.15, 0.2) is 0 Å². The molecule has 1 aliphatic heterocycles. The zero-order valence-electron chi connectivity index (χ0n) is 13.9. The molecule has 1 rings (SSSR count). The standard InChI is InChI=1S/C15H30N4O2.ClH/c1-11(2)9-18-14(20)12(3)19-8-4-5-13(10-19)15(21)17-7-6-16;/h11-13H,4-10,16H2,1-3H3,(H,17,21)(H,18,20);1H. The van der Waals surface area contributed by atoms with Crippen molar-refractivity contribution in [1.29, 1.82) is 0 Å². The second kappa shape index (κ2) is 10.8. The van der Waals surface area contributed by atoms with E-state index >= 15 is 0 Å². The molecule has 1 fully saturated rings. The lowest BCUT2D eigenvalue weighted by molar-refractivity contribution is -0.131. The van der Waals surface area contributed by atoms with Gasteiger partial charge in [-0.2, -0.15) is 0 Å². The van der Waals surface area contributed by atoms with Gasteiger partial charge in [-0.05, 0) is 32.2 Å². The Balaban J connectivity index is 0.00000441. The van der Waals surface area contributed by atoms with Crippen LogP contribution in [0.5, 0.6) is 0 Å². The van der Waals surface area contributed by atoms with Crippen LogP contribution in [0.15, 0.2) is 0 Å². The van der Waals surface area contributed by atoms with Gasteiger partial charge in [0.05, 0.1) is 12.0 Å². The molecule has 2 unspecified atom stereocenters. The highest BCUT2D eigenvalue weighted by Gasteiger charge is 2.30. The third kappa shape index (κ3) is 6.94. The smallest absolute Gasteiger partial charge is 0.237 e. The second-order valence-electron chi connectivity index (χ2n) is 6.23. The Kier molecular flexibility index (Phi) is 10.4. The average Bonchev–Trinajstić information content (AvgIpc) is 2.49. The van der Waals surface area contributed by atoms with Crippen LogP contribution < -0.4 is 16.4 Å². The van der Waals surface area contributed by atoms with Crippen molar-refractivity contribution in [2.45, 2.75) is 39.7 Å². The van der Waals surface area contributed by atoms with Crippen molar-refractivity contribution in [2.24, 2.45) is 17.6 Å². The molecule has 0 aromatic carbocycles. The summed E-state index contributed by atoms with van der Waals surface area (Å²) >= 11 is 0. The first-order chi connectivity index (χ1) is 9.95. The molecule has 0 aliphatic carbocycles. The minimum absolute atomic E-state index is 0. The van der Waals surface area contributed by atoms with Gasteiger partial charge in [0.25, 0.3) is 0 Å². The van der Waals surface area contributed by atoms with E-state index in [1.54, 1.807) is 0 Å². The number of nitrogens with two attached hydrogens (primary N) is 1. The number of hydrogen-bond donors (Lipinski definition) is 3. The summed E-state index contributed by atoms with van der Waals surface area (Å²) in [6.45, 7) is 9.24. The van der Waals surface area contributed by atoms with Crippen LogP contribution in [0.4, 0.5) is 0 Å². The number of hydrogen-bond acceptors (Lipinski definition) is 4. The van der Waals surface area contributed by atoms with Gasteiger partial charge in [-0.1, -0.05) is 13.8 Å². The number of carbonyl (C=O) groups is 2. The van der Waals surface area contributed by atoms with Crippen molar-refractivity contribution in [2.75, 3.05) is 32.7 Å². The third-order valence-electron chi connectivity index (χ3n) is 3.88. The predicted molar refractivity (Wildman–Crippen MR) is 90.9 cm³/mol. The Morgan fingerprint density at radius 3 is 2.55 bits per heavy atom. The summed E-state index contributed by atoms with van der Waals surface area (Å²) in [6, 6.07) is -0.186. The lowest BCUT2D eigenvalue weighted by Crippen LogP contribution is -2.52. The second-order valence-corrected chi connectivity index (χ2v) is 6.23. The molecule has 2 atom stereocenters. The van der Waals surface area contributed by atoms with Gasteiger partial charge in [-0.15, -0.1) is 12.4 Å². The molecule has 0 bridgehead atoms. The minimum atomic E-state index is -0.186. The Hall–Kier alpha value is -0.850. The van der Waals surface area contributed by atoms with E-state index in [0.717, 1.165) is 19.4 Å². The normalized spacial score (nSPS) is 20.1. The number of rotatable bonds is 7. The largest absolute Gasteiger partial charge is 0.355 e. The molecule has 130 valence electrons. The summed E-state index contributed by atoms with van der Waals surface area (Å²) in [5.74, 6) is 0.509. The summed E-state index contributed by atoms with van der Waals surface area (Å²) < 4.78 is 0. The predicted octanol–water partition coefficient (Wildman–Crippen LogP) is 0.356. The van der Waals surface area contributed by atoms with Gasteiger partial charge >= 0.3 is 0 Å². The molecule has 0 radical (unpaired) electrons. The van der Waals surface area contributed by atoms with Crippen LogP contribution in [0, 0.1) is 11.8 Å². The molecular weight excluding hydrogens is 304 g/mol. The summed E-state index contributed by atoms with van der Waals surface area (Å²) in [5.41, 5.74) is 5.40. The van der Waals surface area contributed by atoms with E-state index in [1.807, 2.05) is 6.92 Å². The van der Waals surface area contributed by atoms with Gasteiger partial charge in [-0.25, -0.2) is 0 Å². The van der Waals surface area contributed by atoms with Crippen LogP contribution in [0.1, 0.15) is 33.6 Å². The Labute approximate surface area is 140 Å². The molecular formula is C15H31ClN4O2. The van der Waals surface area contributed by atoms with Crippen LogP contribution in [0.25, 0.3) is 0 Å². The highest BCUT2D eigenvalue weighted by molar-refractivity contribution is 5.85. The Morgan fingerprint density at radius 2 is 1.95 bits per heavy atom. The zero-order chi connectivity index (χ0) is 15.8. The number of halogens is 1. The van der Waals surface area contributed by atoms with E-state index in [-0.39, 0.29) is 36.2 Å². The number of nitrogens with one attached hydrogen (secondary N) is 2. The molecule has 7 heteroatoms. The average molecular weight is 335 g/mol. The van der Waals surface area contributed by atoms with Crippen LogP contribution in [-0.4, -0.2) is 55.5 Å². The maximum atomic E-state index is 12.1. The molecule has 0 saturated carbocycles. The topological polar surface area (TPSA) is 87.5 Å². The van der Waals surface area contributed by atoms with E-state index in [9.17, 15) is 9.59 Å². The minimum Gasteiger partial charge on any atom is -0.355 e. The zero-order valence-corrected chi connectivity index (χ0v) is 14.7. The molecule has 1 aliphatic rings. The van der Waals surface area contributed by atoms with Crippen LogP contribution in [0.3, 0.4) is 0 Å². The maximum Gasteiger partial charge on any atom is 0.237 e. The molecule has 0 aromatic heterocycles. The molecule has 2 amide bonds. The van der Waals surface area contributed by atoms with Gasteiger partial charge in [-0.3, -0.25) is 14.5 Å². The van der Waals surface area contributed by atoms with Crippen LogP contribution in [0.2, 0.25) is 0 Å². The fourth-order valence-corrected chi connectivity index (χ4v) is 2.53. The fourth-order valence-electron chi connectivity index (χ4n) is 2.53. The van der Waals surface area contributed by atoms with Crippen molar-refractivity contribution < 1.29 is 9.59 Å². The number of nitrogens with zero attached hydrogens (tertiary/aromatic N) is 1. The first-order valence-electron chi connectivity index (χ1n) is 7.95. The van der Waals surface area contributed by atoms with Crippen LogP contribution in [-0.2, 0) is 9.59 Å². The van der Waals surface area contributed by atoms with Crippen molar-refractivity contribution >= 4 is 24.2 Å². The first-order valence-corrected chi connectivity index (χ1v) is 7.95. The number of likely N-dealkylation sites (tertiary alicyclic amines) is 1. The van der Waals surface area contributed by atoms with Crippen molar-refractivity contribution in [3.8, 4) is 0 Å². The summed E-state index contributed by atoms with van der Waals surface area (Å²) in [6.07, 6.45) is 1.83. The lowest BCUT2D eigenvalue weighted by atomic mass is 9.96. The van der Waals surface area contributed by atoms with Gasteiger partial charge in [0.2, 0.25) is 11.8 Å². The van der Waals surface area contributed by atoms with Crippen molar-refractivity contribution in [1.82, 2.24) is 15.5 Å². The summed E-state index contributed by atoms with van der Waals surface area (Å²) in [5, 5.41) is 5.80. The third-order valence-corrected chi connectivity index (χ3v) is 3.88. The van der Waals surface area contributed by atoms with Gasteiger partial charge in [0, 0.05) is 26.2 Å². The highest BCUT2D eigenvalue weighted by atomic mass is 35.5. The number of piperidine rings is 1. The Morgan fingerprint density at radius 1 is 1.27 bits per heavy atom. The quantitative estimate of drug-likeness (QED) is 0.627. The SMILES string of the molecule is CC(C)CNC(=O)C(C)N1CCCC(C(=O)NCCN)C1.Cl. The monoisotopic (exact) mass is 334 g/mol. The van der Waals surface area contributed by atoms with E-state index < -0.39 is 0 Å². The number of amides is 2. The van der Waals surface area contributed by atoms with E-state index in [1.165, 1.54) is 0 Å². The van der Waals surface area contributed by atoms with E-state index in [0.29, 0.717) is 32.1 Å². The van der Waals surface area contributed by atoms with Gasteiger partial charge in [0.1, 0.15) is 0 Å².